The molecule has 4 nitrogen and oxygen atoms in total. The van der Waals surface area contributed by atoms with Gasteiger partial charge in [-0.25, -0.2) is 9.37 Å². The van der Waals surface area contributed by atoms with Gasteiger partial charge in [0.05, 0.1) is 10.0 Å². The number of thiazole rings is 1. The first-order valence-corrected chi connectivity index (χ1v) is 7.82. The van der Waals surface area contributed by atoms with E-state index < -0.39 is 14.6 Å². The van der Waals surface area contributed by atoms with Gasteiger partial charge in [-0.15, -0.1) is 11.3 Å². The number of aromatic nitrogens is 1. The molecule has 1 aromatic carbocycles. The molecule has 0 spiro atoms. The van der Waals surface area contributed by atoms with Gasteiger partial charge in [-0.3, -0.25) is 9.09 Å². The van der Waals surface area contributed by atoms with Crippen molar-refractivity contribution in [1.29, 1.82) is 0 Å². The zero-order chi connectivity index (χ0) is 14.0. The van der Waals surface area contributed by atoms with Crippen LogP contribution in [0.25, 0.3) is 10.6 Å². The fourth-order valence-electron chi connectivity index (χ4n) is 1.30. The van der Waals surface area contributed by atoms with Crippen molar-refractivity contribution in [3.05, 3.63) is 39.3 Å². The second-order valence-electron chi connectivity index (χ2n) is 3.41. The monoisotopic (exact) mass is 341 g/mol. The number of alkyl halides is 1. The van der Waals surface area contributed by atoms with Crippen molar-refractivity contribution < 1.29 is 18.4 Å². The van der Waals surface area contributed by atoms with Crippen LogP contribution in [0.1, 0.15) is 12.1 Å². The molecule has 0 aliphatic carbocycles. The predicted molar refractivity (Wildman–Crippen MR) is 73.7 cm³/mol. The second-order valence-corrected chi connectivity index (χ2v) is 5.85. The summed E-state index contributed by atoms with van der Waals surface area (Å²) in [6.07, 6.45) is -2.02. The Labute approximate surface area is 122 Å². The van der Waals surface area contributed by atoms with Crippen molar-refractivity contribution in [2.45, 2.75) is 6.36 Å². The molecule has 0 aliphatic heterocycles. The largest absolute Gasteiger partial charge is 0.326 e. The van der Waals surface area contributed by atoms with Gasteiger partial charge in [0.1, 0.15) is 10.7 Å². The minimum Gasteiger partial charge on any atom is -0.326 e. The van der Waals surface area contributed by atoms with Gasteiger partial charge < -0.3 is 4.89 Å². The maximum absolute atomic E-state index is 13.4. The summed E-state index contributed by atoms with van der Waals surface area (Å²) >= 11 is 12.8. The van der Waals surface area contributed by atoms with Crippen LogP contribution < -0.4 is 0 Å². The summed E-state index contributed by atoms with van der Waals surface area (Å²) in [4.78, 5) is 12.5. The van der Waals surface area contributed by atoms with Crippen molar-refractivity contribution in [2.75, 3.05) is 0 Å². The molecule has 0 aliphatic rings. The molecule has 0 bridgehead atoms. The molecule has 0 radical (unpaired) electrons. The van der Waals surface area contributed by atoms with Crippen LogP contribution in [0.15, 0.2) is 23.6 Å². The summed E-state index contributed by atoms with van der Waals surface area (Å²) in [6.45, 7) is 0. The van der Waals surface area contributed by atoms with Crippen LogP contribution in [0.4, 0.5) is 4.39 Å². The first-order valence-electron chi connectivity index (χ1n) is 4.92. The molecule has 2 rings (SSSR count). The molecule has 1 N–H and O–H groups in total. The van der Waals surface area contributed by atoms with Gasteiger partial charge in [-0.1, -0.05) is 29.3 Å². The van der Waals surface area contributed by atoms with E-state index in [-0.39, 0.29) is 5.69 Å². The molecular formula is C10H7Cl2FNO3PS. The Morgan fingerprint density at radius 2 is 2.16 bits per heavy atom. The topological polar surface area (TPSA) is 59.4 Å². The minimum absolute atomic E-state index is 0.0570. The standard InChI is InChI=1S/C10H7Cl2FNO3PS/c11-6-2-1-5(3-7(6)12)10-14-8(4-19-10)9(13)17-18(15)16/h1-4,9,18H,(H,15,16). The van der Waals surface area contributed by atoms with Gasteiger partial charge in [-0.2, -0.15) is 0 Å². The van der Waals surface area contributed by atoms with Crippen molar-refractivity contribution in [2.24, 2.45) is 0 Å². The molecule has 1 heterocycles. The van der Waals surface area contributed by atoms with E-state index in [0.717, 1.165) is 0 Å². The van der Waals surface area contributed by atoms with Gasteiger partial charge >= 0.3 is 8.25 Å². The summed E-state index contributed by atoms with van der Waals surface area (Å²) in [7, 11) is -3.35. The lowest BCUT2D eigenvalue weighted by molar-refractivity contribution is 0.0602. The first-order chi connectivity index (χ1) is 8.97. The Balaban J connectivity index is 2.25. The van der Waals surface area contributed by atoms with Gasteiger partial charge in [0.2, 0.25) is 6.36 Å². The highest BCUT2D eigenvalue weighted by Crippen LogP contribution is 2.34. The molecule has 0 amide bonds. The van der Waals surface area contributed by atoms with Gasteiger partial charge in [0.25, 0.3) is 0 Å². The Bertz CT molecular complexity index is 625. The van der Waals surface area contributed by atoms with Gasteiger partial charge in [-0.05, 0) is 12.1 Å². The molecule has 0 saturated heterocycles. The van der Waals surface area contributed by atoms with Crippen molar-refractivity contribution >= 4 is 42.8 Å². The van der Waals surface area contributed by atoms with Crippen LogP contribution in [0.5, 0.6) is 0 Å². The average Bonchev–Trinajstić information content (AvgIpc) is 2.81. The van der Waals surface area contributed by atoms with Crippen LogP contribution >= 0.6 is 42.8 Å². The molecule has 0 saturated carbocycles. The molecule has 0 fully saturated rings. The SMILES string of the molecule is O=[PH](O)OC(F)c1csc(-c2ccc(Cl)c(Cl)c2)n1. The fourth-order valence-corrected chi connectivity index (χ4v) is 2.71. The Hall–Kier alpha value is -0.490. The summed E-state index contributed by atoms with van der Waals surface area (Å²) in [6, 6.07) is 4.91. The van der Waals surface area contributed by atoms with Crippen molar-refractivity contribution in [1.82, 2.24) is 4.98 Å². The lowest BCUT2D eigenvalue weighted by atomic mass is 10.2. The highest BCUT2D eigenvalue weighted by Gasteiger charge is 2.17. The van der Waals surface area contributed by atoms with Crippen LogP contribution in [0.2, 0.25) is 10.0 Å². The second kappa shape index (κ2) is 6.31. The van der Waals surface area contributed by atoms with Crippen molar-refractivity contribution in [3.63, 3.8) is 0 Å². The normalized spacial score (nSPS) is 14.3. The van der Waals surface area contributed by atoms with E-state index in [2.05, 4.69) is 9.51 Å². The molecule has 1 aromatic heterocycles. The van der Waals surface area contributed by atoms with E-state index in [4.69, 9.17) is 28.1 Å². The molecular weight excluding hydrogens is 335 g/mol. The number of hydrogen-bond acceptors (Lipinski definition) is 4. The van der Waals surface area contributed by atoms with Crippen molar-refractivity contribution in [3.8, 4) is 10.6 Å². The van der Waals surface area contributed by atoms with Crippen LogP contribution in [0.3, 0.4) is 0 Å². The van der Waals surface area contributed by atoms with Gasteiger partial charge in [0, 0.05) is 10.9 Å². The molecule has 2 unspecified atom stereocenters. The van der Waals surface area contributed by atoms with Crippen LogP contribution in [-0.4, -0.2) is 9.88 Å². The van der Waals surface area contributed by atoms with Gasteiger partial charge in [0.15, 0.2) is 0 Å². The van der Waals surface area contributed by atoms with E-state index in [1.54, 1.807) is 18.2 Å². The van der Waals surface area contributed by atoms with E-state index in [1.807, 2.05) is 0 Å². The number of hydrogen-bond donors (Lipinski definition) is 1. The first kappa shape index (κ1) is 14.9. The maximum atomic E-state index is 13.4. The third kappa shape index (κ3) is 3.75. The summed E-state index contributed by atoms with van der Waals surface area (Å²) in [5.41, 5.74) is 0.618. The fraction of sp³-hybridized carbons (Fsp3) is 0.100. The molecule has 19 heavy (non-hydrogen) atoms. The Kier molecular flexibility index (Phi) is 4.95. The highest BCUT2D eigenvalue weighted by molar-refractivity contribution is 7.32. The smallest absolute Gasteiger partial charge is 0.319 e. The quantitative estimate of drug-likeness (QED) is 0.832. The molecule has 2 atom stereocenters. The van der Waals surface area contributed by atoms with Crippen LogP contribution in [0, 0.1) is 0 Å². The number of halogens is 3. The van der Waals surface area contributed by atoms with E-state index >= 15 is 0 Å². The zero-order valence-electron chi connectivity index (χ0n) is 9.14. The Morgan fingerprint density at radius 1 is 1.42 bits per heavy atom. The lowest BCUT2D eigenvalue weighted by Gasteiger charge is -2.03. The zero-order valence-corrected chi connectivity index (χ0v) is 12.5. The highest BCUT2D eigenvalue weighted by atomic mass is 35.5. The summed E-state index contributed by atoms with van der Waals surface area (Å²) in [5, 5.41) is 2.70. The number of nitrogens with zero attached hydrogens (tertiary/aromatic N) is 1. The number of rotatable bonds is 4. The van der Waals surface area contributed by atoms with E-state index in [1.165, 1.54) is 16.7 Å². The summed E-state index contributed by atoms with van der Waals surface area (Å²) in [5.74, 6) is 0. The number of benzene rings is 1. The lowest BCUT2D eigenvalue weighted by Crippen LogP contribution is -1.92. The minimum atomic E-state index is -3.35. The van der Waals surface area contributed by atoms with Crippen LogP contribution in [-0.2, 0) is 9.09 Å². The summed E-state index contributed by atoms with van der Waals surface area (Å²) < 4.78 is 28.0. The maximum Gasteiger partial charge on any atom is 0.319 e. The van der Waals surface area contributed by atoms with E-state index in [9.17, 15) is 8.96 Å². The van der Waals surface area contributed by atoms with E-state index in [0.29, 0.717) is 20.6 Å². The predicted octanol–water partition coefficient (Wildman–Crippen LogP) is 4.48. The average molecular weight is 342 g/mol. The molecule has 9 heteroatoms. The third-order valence-corrected chi connectivity index (χ3v) is 4.18. The molecule has 2 aromatic rings. The third-order valence-electron chi connectivity index (χ3n) is 2.13. The molecule has 102 valence electrons. The Morgan fingerprint density at radius 3 is 2.79 bits per heavy atom.